The molecule has 1 aromatic rings. The SMILES string of the molecule is CCCC(OCC)c1nccc(CC(C)N)n1. The van der Waals surface area contributed by atoms with Gasteiger partial charge in [0.25, 0.3) is 0 Å². The van der Waals surface area contributed by atoms with Crippen LogP contribution in [0.15, 0.2) is 12.3 Å². The summed E-state index contributed by atoms with van der Waals surface area (Å²) in [7, 11) is 0. The summed E-state index contributed by atoms with van der Waals surface area (Å²) in [5.41, 5.74) is 6.77. The van der Waals surface area contributed by atoms with Crippen LogP contribution in [0.3, 0.4) is 0 Å². The van der Waals surface area contributed by atoms with Crippen LogP contribution in [0.2, 0.25) is 0 Å². The lowest BCUT2D eigenvalue weighted by Gasteiger charge is -2.15. The maximum atomic E-state index is 5.78. The van der Waals surface area contributed by atoms with Crippen LogP contribution < -0.4 is 5.73 Å². The van der Waals surface area contributed by atoms with Crippen molar-refractivity contribution in [2.45, 2.75) is 52.2 Å². The largest absolute Gasteiger partial charge is 0.371 e. The van der Waals surface area contributed by atoms with E-state index in [1.807, 2.05) is 19.9 Å². The normalized spacial score (nSPS) is 14.6. The van der Waals surface area contributed by atoms with E-state index in [2.05, 4.69) is 16.9 Å². The smallest absolute Gasteiger partial charge is 0.157 e. The topological polar surface area (TPSA) is 61.0 Å². The Morgan fingerprint density at radius 1 is 1.41 bits per heavy atom. The van der Waals surface area contributed by atoms with E-state index in [4.69, 9.17) is 10.5 Å². The van der Waals surface area contributed by atoms with Gasteiger partial charge in [0.1, 0.15) is 6.10 Å². The van der Waals surface area contributed by atoms with E-state index in [1.165, 1.54) is 0 Å². The van der Waals surface area contributed by atoms with Crippen LogP contribution in [-0.4, -0.2) is 22.6 Å². The Labute approximate surface area is 104 Å². The molecule has 0 aromatic carbocycles. The Hall–Kier alpha value is -1.00. The zero-order valence-electron chi connectivity index (χ0n) is 11.0. The van der Waals surface area contributed by atoms with Crippen molar-refractivity contribution in [3.05, 3.63) is 23.8 Å². The standard InChI is InChI=1S/C13H23N3O/c1-4-6-12(17-5-2)13-15-8-7-11(16-13)9-10(3)14/h7-8,10,12H,4-6,9,14H2,1-3H3. The fraction of sp³-hybridized carbons (Fsp3) is 0.692. The highest BCUT2D eigenvalue weighted by atomic mass is 16.5. The number of hydrogen-bond donors (Lipinski definition) is 1. The molecule has 1 heterocycles. The van der Waals surface area contributed by atoms with Crippen LogP contribution in [-0.2, 0) is 11.2 Å². The average Bonchev–Trinajstić information content (AvgIpc) is 2.28. The van der Waals surface area contributed by atoms with Crippen molar-refractivity contribution < 1.29 is 4.74 Å². The van der Waals surface area contributed by atoms with Gasteiger partial charge in [-0.1, -0.05) is 13.3 Å². The number of hydrogen-bond acceptors (Lipinski definition) is 4. The van der Waals surface area contributed by atoms with Gasteiger partial charge in [0.2, 0.25) is 0 Å². The van der Waals surface area contributed by atoms with Gasteiger partial charge in [-0.15, -0.1) is 0 Å². The second-order valence-corrected chi connectivity index (χ2v) is 4.32. The molecule has 4 heteroatoms. The predicted octanol–water partition coefficient (Wildman–Crippen LogP) is 2.24. The Morgan fingerprint density at radius 3 is 2.76 bits per heavy atom. The molecule has 0 radical (unpaired) electrons. The molecule has 2 unspecified atom stereocenters. The molecular weight excluding hydrogens is 214 g/mol. The van der Waals surface area contributed by atoms with Crippen LogP contribution in [0.5, 0.6) is 0 Å². The van der Waals surface area contributed by atoms with Crippen molar-refractivity contribution in [3.8, 4) is 0 Å². The predicted molar refractivity (Wildman–Crippen MR) is 68.7 cm³/mol. The minimum absolute atomic E-state index is 0.0121. The molecule has 0 saturated heterocycles. The lowest BCUT2D eigenvalue weighted by atomic mass is 10.1. The number of nitrogens with zero attached hydrogens (tertiary/aromatic N) is 2. The van der Waals surface area contributed by atoms with E-state index in [-0.39, 0.29) is 12.1 Å². The van der Waals surface area contributed by atoms with Crippen LogP contribution in [0.4, 0.5) is 0 Å². The number of rotatable bonds is 7. The van der Waals surface area contributed by atoms with Gasteiger partial charge in [0.05, 0.1) is 0 Å². The molecule has 0 saturated carbocycles. The zero-order valence-corrected chi connectivity index (χ0v) is 11.0. The van der Waals surface area contributed by atoms with E-state index in [9.17, 15) is 0 Å². The monoisotopic (exact) mass is 237 g/mol. The van der Waals surface area contributed by atoms with Gasteiger partial charge in [0, 0.05) is 31.0 Å². The molecule has 0 aliphatic rings. The van der Waals surface area contributed by atoms with Crippen molar-refractivity contribution in [3.63, 3.8) is 0 Å². The first-order valence-corrected chi connectivity index (χ1v) is 6.36. The quantitative estimate of drug-likeness (QED) is 0.790. The summed E-state index contributed by atoms with van der Waals surface area (Å²) in [4.78, 5) is 8.84. The maximum absolute atomic E-state index is 5.78. The molecule has 0 aliphatic heterocycles. The number of nitrogens with two attached hydrogens (primary N) is 1. The molecule has 17 heavy (non-hydrogen) atoms. The minimum atomic E-state index is 0.0121. The van der Waals surface area contributed by atoms with E-state index in [1.54, 1.807) is 6.20 Å². The highest BCUT2D eigenvalue weighted by Gasteiger charge is 2.14. The molecule has 4 nitrogen and oxygen atoms in total. The van der Waals surface area contributed by atoms with Crippen molar-refractivity contribution in [1.82, 2.24) is 9.97 Å². The molecule has 0 amide bonds. The van der Waals surface area contributed by atoms with E-state index in [0.29, 0.717) is 6.61 Å². The van der Waals surface area contributed by atoms with Gasteiger partial charge >= 0.3 is 0 Å². The molecule has 2 atom stereocenters. The Kier molecular flexibility index (Phi) is 6.08. The van der Waals surface area contributed by atoms with Crippen LogP contribution in [0.25, 0.3) is 0 Å². The van der Waals surface area contributed by atoms with Crippen LogP contribution in [0.1, 0.15) is 51.2 Å². The molecular formula is C13H23N3O. The van der Waals surface area contributed by atoms with Gasteiger partial charge < -0.3 is 10.5 Å². The fourth-order valence-corrected chi connectivity index (χ4v) is 1.76. The summed E-state index contributed by atoms with van der Waals surface area (Å²) >= 11 is 0. The second-order valence-electron chi connectivity index (χ2n) is 4.32. The first-order chi connectivity index (χ1) is 8.17. The van der Waals surface area contributed by atoms with Gasteiger partial charge in [-0.05, 0) is 26.3 Å². The summed E-state index contributed by atoms with van der Waals surface area (Å²) in [5, 5.41) is 0. The number of ether oxygens (including phenoxy) is 1. The van der Waals surface area contributed by atoms with E-state index < -0.39 is 0 Å². The molecule has 0 bridgehead atoms. The molecule has 0 spiro atoms. The molecule has 1 aromatic heterocycles. The van der Waals surface area contributed by atoms with Crippen LogP contribution >= 0.6 is 0 Å². The minimum Gasteiger partial charge on any atom is -0.371 e. The van der Waals surface area contributed by atoms with Crippen molar-refractivity contribution in [1.29, 1.82) is 0 Å². The summed E-state index contributed by atoms with van der Waals surface area (Å²) in [6, 6.07) is 2.04. The van der Waals surface area contributed by atoms with Gasteiger partial charge in [-0.3, -0.25) is 0 Å². The first kappa shape index (κ1) is 14.1. The molecule has 0 fully saturated rings. The molecule has 96 valence electrons. The van der Waals surface area contributed by atoms with Gasteiger partial charge in [-0.25, -0.2) is 9.97 Å². The summed E-state index contributed by atoms with van der Waals surface area (Å²) < 4.78 is 5.67. The summed E-state index contributed by atoms with van der Waals surface area (Å²) in [6.07, 6.45) is 4.60. The number of aromatic nitrogens is 2. The van der Waals surface area contributed by atoms with Crippen molar-refractivity contribution >= 4 is 0 Å². The average molecular weight is 237 g/mol. The third-order valence-corrected chi connectivity index (χ3v) is 2.47. The summed E-state index contributed by atoms with van der Waals surface area (Å²) in [6.45, 7) is 6.80. The fourth-order valence-electron chi connectivity index (χ4n) is 1.76. The van der Waals surface area contributed by atoms with E-state index >= 15 is 0 Å². The van der Waals surface area contributed by atoms with Gasteiger partial charge in [0.15, 0.2) is 5.82 Å². The molecule has 2 N–H and O–H groups in total. The maximum Gasteiger partial charge on any atom is 0.157 e. The Bertz CT molecular complexity index is 322. The third kappa shape index (κ3) is 4.79. The first-order valence-electron chi connectivity index (χ1n) is 6.36. The third-order valence-electron chi connectivity index (χ3n) is 2.47. The highest BCUT2D eigenvalue weighted by molar-refractivity contribution is 5.05. The lowest BCUT2D eigenvalue weighted by Crippen LogP contribution is -2.19. The van der Waals surface area contributed by atoms with Gasteiger partial charge in [-0.2, -0.15) is 0 Å². The Morgan fingerprint density at radius 2 is 2.18 bits per heavy atom. The lowest BCUT2D eigenvalue weighted by molar-refractivity contribution is 0.0492. The molecule has 0 aliphatic carbocycles. The van der Waals surface area contributed by atoms with E-state index in [0.717, 1.165) is 30.8 Å². The van der Waals surface area contributed by atoms with Crippen molar-refractivity contribution in [2.24, 2.45) is 5.73 Å². The van der Waals surface area contributed by atoms with Crippen molar-refractivity contribution in [2.75, 3.05) is 6.61 Å². The summed E-state index contributed by atoms with van der Waals surface area (Å²) in [5.74, 6) is 0.784. The molecule has 1 rings (SSSR count). The Balaban J connectivity index is 2.79. The van der Waals surface area contributed by atoms with Crippen LogP contribution in [0, 0.1) is 0 Å². The zero-order chi connectivity index (χ0) is 12.7. The second kappa shape index (κ2) is 7.35. The highest BCUT2D eigenvalue weighted by Crippen LogP contribution is 2.19.